The molecule has 1 fully saturated rings. The third-order valence-corrected chi connectivity index (χ3v) is 4.01. The fourth-order valence-corrected chi connectivity index (χ4v) is 2.60. The van der Waals surface area contributed by atoms with E-state index >= 15 is 0 Å². The smallest absolute Gasteiger partial charge is 0.416 e. The van der Waals surface area contributed by atoms with Gasteiger partial charge in [-0.3, -0.25) is 4.79 Å². The molecular weight excluding hydrogens is 313 g/mol. The lowest BCUT2D eigenvalue weighted by Gasteiger charge is -2.30. The van der Waals surface area contributed by atoms with E-state index < -0.39 is 29.7 Å². The van der Waals surface area contributed by atoms with Gasteiger partial charge in [0.05, 0.1) is 11.5 Å². The Balaban J connectivity index is 2.06. The molecule has 1 aromatic rings. The highest BCUT2D eigenvalue weighted by molar-refractivity contribution is 5.90. The van der Waals surface area contributed by atoms with Gasteiger partial charge in [-0.2, -0.15) is 13.2 Å². The zero-order valence-corrected chi connectivity index (χ0v) is 12.5. The first kappa shape index (κ1) is 17.1. The molecule has 8 heteroatoms. The number of nitrogens with one attached hydrogen (secondary N) is 1. The van der Waals surface area contributed by atoms with Gasteiger partial charge in [0.2, 0.25) is 0 Å². The molecule has 0 saturated carbocycles. The molecule has 0 aromatic heterocycles. The van der Waals surface area contributed by atoms with E-state index in [0.717, 1.165) is 6.07 Å². The fourth-order valence-electron chi connectivity index (χ4n) is 2.60. The predicted molar refractivity (Wildman–Crippen MR) is 77.1 cm³/mol. The van der Waals surface area contributed by atoms with Gasteiger partial charge in [0.15, 0.2) is 0 Å². The van der Waals surface area contributed by atoms with Crippen molar-refractivity contribution in [3.8, 4) is 0 Å². The van der Waals surface area contributed by atoms with E-state index in [4.69, 9.17) is 5.11 Å². The molecule has 2 rings (SSSR count). The summed E-state index contributed by atoms with van der Waals surface area (Å²) in [6.45, 7) is 1.83. The number of carbonyl (C=O) groups is 2. The third kappa shape index (κ3) is 3.94. The molecule has 1 saturated heterocycles. The molecule has 0 bridgehead atoms. The number of benzene rings is 1. The van der Waals surface area contributed by atoms with Crippen LogP contribution in [0.4, 0.5) is 23.7 Å². The van der Waals surface area contributed by atoms with Gasteiger partial charge >= 0.3 is 18.2 Å². The Morgan fingerprint density at radius 3 is 2.39 bits per heavy atom. The first-order valence-corrected chi connectivity index (χ1v) is 7.15. The zero-order valence-electron chi connectivity index (χ0n) is 12.5. The molecule has 1 aliphatic heterocycles. The number of nitrogens with zero attached hydrogens (tertiary/aromatic N) is 1. The molecule has 126 valence electrons. The molecule has 2 amide bonds. The predicted octanol–water partition coefficient (Wildman–Crippen LogP) is 3.34. The van der Waals surface area contributed by atoms with Crippen molar-refractivity contribution >= 4 is 17.7 Å². The number of amides is 2. The Bertz CT molecular complexity index is 608. The summed E-state index contributed by atoms with van der Waals surface area (Å²) in [6, 6.07) is 3.09. The fraction of sp³-hybridized carbons (Fsp3) is 0.467. The van der Waals surface area contributed by atoms with Crippen molar-refractivity contribution in [2.24, 2.45) is 5.92 Å². The summed E-state index contributed by atoms with van der Waals surface area (Å²) in [5.41, 5.74) is -0.737. The number of halogens is 3. The SMILES string of the molecule is Cc1c(NC(=O)N2CCC(C(=O)O)CC2)cccc1C(F)(F)F. The second-order valence-electron chi connectivity index (χ2n) is 5.51. The number of hydrogen-bond acceptors (Lipinski definition) is 2. The summed E-state index contributed by atoms with van der Waals surface area (Å²) >= 11 is 0. The lowest BCUT2D eigenvalue weighted by molar-refractivity contribution is -0.143. The summed E-state index contributed by atoms with van der Waals surface area (Å²) in [6.07, 6.45) is -3.81. The largest absolute Gasteiger partial charge is 0.481 e. The van der Waals surface area contributed by atoms with Gasteiger partial charge < -0.3 is 15.3 Å². The lowest BCUT2D eigenvalue weighted by Crippen LogP contribution is -2.42. The Morgan fingerprint density at radius 1 is 1.26 bits per heavy atom. The molecule has 1 aliphatic rings. The summed E-state index contributed by atoms with van der Waals surface area (Å²) in [7, 11) is 0. The van der Waals surface area contributed by atoms with Crippen LogP contribution in [0.1, 0.15) is 24.0 Å². The Kier molecular flexibility index (Phi) is 4.82. The van der Waals surface area contributed by atoms with Crippen LogP contribution < -0.4 is 5.32 Å². The standard InChI is InChI=1S/C15H17F3N2O3/c1-9-11(15(16,17)18)3-2-4-12(9)19-14(23)20-7-5-10(6-8-20)13(21)22/h2-4,10H,5-8H2,1H3,(H,19,23)(H,21,22). The molecule has 0 radical (unpaired) electrons. The van der Waals surface area contributed by atoms with E-state index in [9.17, 15) is 22.8 Å². The van der Waals surface area contributed by atoms with Crippen LogP contribution in [-0.4, -0.2) is 35.1 Å². The van der Waals surface area contributed by atoms with Gasteiger partial charge in [0.1, 0.15) is 0 Å². The molecule has 0 atom stereocenters. The number of carbonyl (C=O) groups excluding carboxylic acids is 1. The van der Waals surface area contributed by atoms with E-state index in [-0.39, 0.29) is 24.3 Å². The molecular formula is C15H17F3N2O3. The van der Waals surface area contributed by atoms with Crippen molar-refractivity contribution in [2.75, 3.05) is 18.4 Å². The van der Waals surface area contributed by atoms with Crippen molar-refractivity contribution in [3.05, 3.63) is 29.3 Å². The van der Waals surface area contributed by atoms with Crippen molar-refractivity contribution in [1.82, 2.24) is 4.90 Å². The van der Waals surface area contributed by atoms with Gasteiger partial charge in [-0.15, -0.1) is 0 Å². The number of urea groups is 1. The second kappa shape index (κ2) is 6.47. The van der Waals surface area contributed by atoms with E-state index in [1.807, 2.05) is 0 Å². The summed E-state index contributed by atoms with van der Waals surface area (Å²) < 4.78 is 38.6. The van der Waals surface area contributed by atoms with Crippen LogP contribution >= 0.6 is 0 Å². The Morgan fingerprint density at radius 2 is 1.87 bits per heavy atom. The minimum Gasteiger partial charge on any atom is -0.481 e. The number of aliphatic carboxylic acids is 1. The molecule has 1 aromatic carbocycles. The van der Waals surface area contributed by atoms with Crippen LogP contribution in [0, 0.1) is 12.8 Å². The first-order chi connectivity index (χ1) is 10.7. The van der Waals surface area contributed by atoms with Gasteiger partial charge in [-0.05, 0) is 37.5 Å². The van der Waals surface area contributed by atoms with Crippen molar-refractivity contribution in [2.45, 2.75) is 25.9 Å². The molecule has 1 heterocycles. The number of carboxylic acids is 1. The second-order valence-corrected chi connectivity index (χ2v) is 5.51. The van der Waals surface area contributed by atoms with Crippen LogP contribution in [0.3, 0.4) is 0 Å². The van der Waals surface area contributed by atoms with Crippen molar-refractivity contribution in [1.29, 1.82) is 0 Å². The Hall–Kier alpha value is -2.25. The topological polar surface area (TPSA) is 69.6 Å². The first-order valence-electron chi connectivity index (χ1n) is 7.15. The summed E-state index contributed by atoms with van der Waals surface area (Å²) in [5, 5.41) is 11.4. The van der Waals surface area contributed by atoms with E-state index in [1.54, 1.807) is 0 Å². The Labute approximate surface area is 131 Å². The molecule has 2 N–H and O–H groups in total. The minimum atomic E-state index is -4.48. The lowest BCUT2D eigenvalue weighted by atomic mass is 9.97. The number of rotatable bonds is 2. The van der Waals surface area contributed by atoms with E-state index in [2.05, 4.69) is 5.32 Å². The molecule has 0 spiro atoms. The average molecular weight is 330 g/mol. The highest BCUT2D eigenvalue weighted by atomic mass is 19.4. The molecule has 23 heavy (non-hydrogen) atoms. The van der Waals surface area contributed by atoms with Gasteiger partial charge in [-0.25, -0.2) is 4.79 Å². The third-order valence-electron chi connectivity index (χ3n) is 4.01. The molecule has 0 unspecified atom stereocenters. The summed E-state index contributed by atoms with van der Waals surface area (Å²) in [4.78, 5) is 24.4. The van der Waals surface area contributed by atoms with Gasteiger partial charge in [0.25, 0.3) is 0 Å². The highest BCUT2D eigenvalue weighted by Crippen LogP contribution is 2.34. The van der Waals surface area contributed by atoms with Gasteiger partial charge in [0, 0.05) is 18.8 Å². The maximum Gasteiger partial charge on any atom is 0.416 e. The number of carboxylic acid groups (broad SMARTS) is 1. The van der Waals surface area contributed by atoms with Crippen molar-refractivity contribution in [3.63, 3.8) is 0 Å². The number of likely N-dealkylation sites (tertiary alicyclic amines) is 1. The number of anilines is 1. The highest BCUT2D eigenvalue weighted by Gasteiger charge is 2.33. The minimum absolute atomic E-state index is 0.0474. The summed E-state index contributed by atoms with van der Waals surface area (Å²) in [5.74, 6) is -1.37. The van der Waals surface area contributed by atoms with E-state index in [0.29, 0.717) is 12.8 Å². The van der Waals surface area contributed by atoms with Crippen LogP contribution in [0.25, 0.3) is 0 Å². The van der Waals surface area contributed by atoms with Crippen LogP contribution in [0.5, 0.6) is 0 Å². The molecule has 0 aliphatic carbocycles. The monoisotopic (exact) mass is 330 g/mol. The quantitative estimate of drug-likeness (QED) is 0.874. The van der Waals surface area contributed by atoms with Crippen LogP contribution in [0.15, 0.2) is 18.2 Å². The zero-order chi connectivity index (χ0) is 17.2. The number of hydrogen-bond donors (Lipinski definition) is 2. The maximum atomic E-state index is 12.9. The normalized spacial score (nSPS) is 16.3. The van der Waals surface area contributed by atoms with Gasteiger partial charge in [-0.1, -0.05) is 6.07 Å². The maximum absolute atomic E-state index is 12.9. The van der Waals surface area contributed by atoms with Crippen LogP contribution in [0.2, 0.25) is 0 Å². The van der Waals surface area contributed by atoms with Crippen LogP contribution in [-0.2, 0) is 11.0 Å². The van der Waals surface area contributed by atoms with Crippen molar-refractivity contribution < 1.29 is 27.9 Å². The number of alkyl halides is 3. The number of piperidine rings is 1. The van der Waals surface area contributed by atoms with E-state index in [1.165, 1.54) is 24.0 Å². The molecule has 5 nitrogen and oxygen atoms in total. The average Bonchev–Trinajstić information content (AvgIpc) is 2.48.